The summed E-state index contributed by atoms with van der Waals surface area (Å²) in [6.07, 6.45) is 2.03. The number of fused-ring (bicyclic) bond motifs is 1. The van der Waals surface area contributed by atoms with E-state index in [9.17, 15) is 4.79 Å². The lowest BCUT2D eigenvalue weighted by Crippen LogP contribution is -2.34. The number of aromatic amines is 1. The second-order valence-corrected chi connectivity index (χ2v) is 6.71. The van der Waals surface area contributed by atoms with Crippen LogP contribution in [0.25, 0.3) is 10.9 Å². The van der Waals surface area contributed by atoms with Gasteiger partial charge in [-0.05, 0) is 18.6 Å². The monoisotopic (exact) mass is 320 g/mol. The van der Waals surface area contributed by atoms with E-state index < -0.39 is 0 Å². The van der Waals surface area contributed by atoms with Gasteiger partial charge in [0.15, 0.2) is 0 Å². The molecule has 1 atom stereocenters. The highest BCUT2D eigenvalue weighted by Crippen LogP contribution is 2.33. The average molecular weight is 320 g/mol. The molecule has 0 spiro atoms. The number of benzene rings is 2. The number of H-pyrrole nitrogens is 1. The lowest BCUT2D eigenvalue weighted by molar-refractivity contribution is -0.134. The number of carbonyl (C=O) groups is 1. The van der Waals surface area contributed by atoms with E-state index in [1.165, 1.54) is 5.56 Å². The minimum Gasteiger partial charge on any atom is -0.361 e. The molecule has 1 N–H and O–H groups in total. The quantitative estimate of drug-likeness (QED) is 0.744. The molecule has 3 heteroatoms. The Morgan fingerprint density at radius 2 is 1.71 bits per heavy atom. The van der Waals surface area contributed by atoms with Crippen molar-refractivity contribution in [3.05, 3.63) is 71.4 Å². The molecule has 3 aromatic rings. The zero-order chi connectivity index (χ0) is 17.3. The van der Waals surface area contributed by atoms with Gasteiger partial charge in [-0.3, -0.25) is 4.79 Å². The molecule has 124 valence electrons. The van der Waals surface area contributed by atoms with Crippen LogP contribution >= 0.6 is 0 Å². The van der Waals surface area contributed by atoms with Gasteiger partial charge in [0.05, 0.1) is 6.04 Å². The maximum absolute atomic E-state index is 12.7. The minimum absolute atomic E-state index is 0.0341. The number of hydrogen-bond acceptors (Lipinski definition) is 1. The summed E-state index contributed by atoms with van der Waals surface area (Å²) in [5.41, 5.74) is 4.57. The Morgan fingerprint density at radius 1 is 1.04 bits per heavy atom. The Kier molecular flexibility index (Phi) is 4.43. The standard InChI is InChI=1S/C21H24N2O/c1-14(2)21(24)23(4)20(16-11-9-15(3)10-12-16)18-13-22-19-8-6-5-7-17(18)19/h5-14,20,22H,1-4H3/t20-/m1/s1. The number of rotatable bonds is 4. The molecule has 0 aliphatic rings. The lowest BCUT2D eigenvalue weighted by Gasteiger charge is -2.30. The van der Waals surface area contributed by atoms with E-state index in [1.54, 1.807) is 0 Å². The highest BCUT2D eigenvalue weighted by Gasteiger charge is 2.27. The van der Waals surface area contributed by atoms with Crippen molar-refractivity contribution in [3.8, 4) is 0 Å². The third kappa shape index (κ3) is 2.94. The van der Waals surface area contributed by atoms with Crippen LogP contribution in [0.3, 0.4) is 0 Å². The molecule has 1 aromatic heterocycles. The van der Waals surface area contributed by atoms with Gasteiger partial charge in [0.1, 0.15) is 0 Å². The van der Waals surface area contributed by atoms with Crippen molar-refractivity contribution in [1.82, 2.24) is 9.88 Å². The number of para-hydroxylation sites is 1. The van der Waals surface area contributed by atoms with E-state index in [0.29, 0.717) is 0 Å². The van der Waals surface area contributed by atoms with Gasteiger partial charge in [0.25, 0.3) is 0 Å². The van der Waals surface area contributed by atoms with Crippen molar-refractivity contribution in [2.24, 2.45) is 5.92 Å². The predicted molar refractivity (Wildman–Crippen MR) is 98.9 cm³/mol. The van der Waals surface area contributed by atoms with Crippen molar-refractivity contribution in [2.45, 2.75) is 26.8 Å². The molecule has 3 rings (SSSR count). The first-order valence-electron chi connectivity index (χ1n) is 8.38. The molecule has 2 aromatic carbocycles. The summed E-state index contributed by atoms with van der Waals surface area (Å²) < 4.78 is 0. The fraction of sp³-hybridized carbons (Fsp3) is 0.286. The molecular formula is C21H24N2O. The smallest absolute Gasteiger partial charge is 0.225 e. The Hall–Kier alpha value is -2.55. The van der Waals surface area contributed by atoms with Gasteiger partial charge in [0, 0.05) is 35.6 Å². The first kappa shape index (κ1) is 16.3. The van der Waals surface area contributed by atoms with E-state index in [1.807, 2.05) is 44.1 Å². The molecule has 0 unspecified atom stereocenters. The molecule has 1 amide bonds. The van der Waals surface area contributed by atoms with E-state index in [-0.39, 0.29) is 17.9 Å². The Balaban J connectivity index is 2.14. The van der Waals surface area contributed by atoms with E-state index in [4.69, 9.17) is 0 Å². The maximum Gasteiger partial charge on any atom is 0.225 e. The van der Waals surface area contributed by atoms with Gasteiger partial charge in [0.2, 0.25) is 5.91 Å². The van der Waals surface area contributed by atoms with Crippen molar-refractivity contribution >= 4 is 16.8 Å². The number of carbonyl (C=O) groups excluding carboxylic acids is 1. The van der Waals surface area contributed by atoms with Crippen molar-refractivity contribution in [1.29, 1.82) is 0 Å². The van der Waals surface area contributed by atoms with Crippen LogP contribution in [0.15, 0.2) is 54.7 Å². The molecule has 0 radical (unpaired) electrons. The first-order chi connectivity index (χ1) is 11.5. The van der Waals surface area contributed by atoms with Crippen LogP contribution in [0.1, 0.15) is 36.6 Å². The third-order valence-corrected chi connectivity index (χ3v) is 4.54. The Labute approximate surface area is 143 Å². The molecule has 0 bridgehead atoms. The molecule has 24 heavy (non-hydrogen) atoms. The predicted octanol–water partition coefficient (Wildman–Crippen LogP) is 4.68. The van der Waals surface area contributed by atoms with Gasteiger partial charge in [-0.25, -0.2) is 0 Å². The Bertz CT molecular complexity index is 846. The van der Waals surface area contributed by atoms with Crippen molar-refractivity contribution in [2.75, 3.05) is 7.05 Å². The van der Waals surface area contributed by atoms with Gasteiger partial charge in [-0.1, -0.05) is 61.9 Å². The number of aryl methyl sites for hydroxylation is 1. The zero-order valence-electron chi connectivity index (χ0n) is 14.7. The Morgan fingerprint density at radius 3 is 2.38 bits per heavy atom. The third-order valence-electron chi connectivity index (χ3n) is 4.54. The van der Waals surface area contributed by atoms with Crippen LogP contribution in [0, 0.1) is 12.8 Å². The molecule has 0 aliphatic heterocycles. The summed E-state index contributed by atoms with van der Waals surface area (Å²) in [6, 6.07) is 16.6. The van der Waals surface area contributed by atoms with Crippen molar-refractivity contribution in [3.63, 3.8) is 0 Å². The second-order valence-electron chi connectivity index (χ2n) is 6.71. The lowest BCUT2D eigenvalue weighted by atomic mass is 9.95. The molecule has 1 heterocycles. The minimum atomic E-state index is -0.100. The largest absolute Gasteiger partial charge is 0.361 e. The molecule has 0 fully saturated rings. The SMILES string of the molecule is Cc1ccc([C@H](c2c[nH]c3ccccc23)N(C)C(=O)C(C)C)cc1. The molecule has 3 nitrogen and oxygen atoms in total. The van der Waals surface area contributed by atoms with Crippen LogP contribution < -0.4 is 0 Å². The summed E-state index contributed by atoms with van der Waals surface area (Å²) in [4.78, 5) is 17.9. The van der Waals surface area contributed by atoms with Crippen LogP contribution in [-0.4, -0.2) is 22.8 Å². The molecule has 0 aliphatic carbocycles. The molecular weight excluding hydrogens is 296 g/mol. The first-order valence-corrected chi connectivity index (χ1v) is 8.38. The van der Waals surface area contributed by atoms with Crippen LogP contribution in [0.5, 0.6) is 0 Å². The van der Waals surface area contributed by atoms with Crippen LogP contribution in [0.2, 0.25) is 0 Å². The number of nitrogens with zero attached hydrogens (tertiary/aromatic N) is 1. The summed E-state index contributed by atoms with van der Waals surface area (Å²) in [5, 5.41) is 1.16. The summed E-state index contributed by atoms with van der Waals surface area (Å²) in [7, 11) is 1.90. The van der Waals surface area contributed by atoms with Gasteiger partial charge in [-0.15, -0.1) is 0 Å². The van der Waals surface area contributed by atoms with Gasteiger partial charge < -0.3 is 9.88 Å². The van der Waals surface area contributed by atoms with Gasteiger partial charge >= 0.3 is 0 Å². The van der Waals surface area contributed by atoms with E-state index in [0.717, 1.165) is 22.0 Å². The number of hydrogen-bond donors (Lipinski definition) is 1. The maximum atomic E-state index is 12.7. The summed E-state index contributed by atoms with van der Waals surface area (Å²) >= 11 is 0. The zero-order valence-corrected chi connectivity index (χ0v) is 14.7. The highest BCUT2D eigenvalue weighted by molar-refractivity contribution is 5.85. The number of nitrogens with one attached hydrogen (secondary N) is 1. The van der Waals surface area contributed by atoms with Gasteiger partial charge in [-0.2, -0.15) is 0 Å². The average Bonchev–Trinajstić information content (AvgIpc) is 3.00. The summed E-state index contributed by atoms with van der Waals surface area (Å²) in [6.45, 7) is 5.97. The van der Waals surface area contributed by atoms with E-state index >= 15 is 0 Å². The topological polar surface area (TPSA) is 36.1 Å². The normalized spacial score (nSPS) is 12.5. The fourth-order valence-electron chi connectivity index (χ4n) is 3.22. The second kappa shape index (κ2) is 6.52. The number of amides is 1. The van der Waals surface area contributed by atoms with Crippen LogP contribution in [-0.2, 0) is 4.79 Å². The van der Waals surface area contributed by atoms with Crippen LogP contribution in [0.4, 0.5) is 0 Å². The fourth-order valence-corrected chi connectivity index (χ4v) is 3.22. The summed E-state index contributed by atoms with van der Waals surface area (Å²) in [5.74, 6) is 0.110. The highest BCUT2D eigenvalue weighted by atomic mass is 16.2. The van der Waals surface area contributed by atoms with Crippen molar-refractivity contribution < 1.29 is 4.79 Å². The molecule has 0 saturated heterocycles. The number of aromatic nitrogens is 1. The molecule has 0 saturated carbocycles. The van der Waals surface area contributed by atoms with E-state index in [2.05, 4.69) is 48.3 Å².